The van der Waals surface area contributed by atoms with Crippen LogP contribution in [0, 0.1) is 0 Å². The lowest BCUT2D eigenvalue weighted by molar-refractivity contribution is 0.419. The third kappa shape index (κ3) is 2.40. The van der Waals surface area contributed by atoms with Crippen LogP contribution in [0.1, 0.15) is 19.7 Å². The van der Waals surface area contributed by atoms with E-state index in [2.05, 4.69) is 10.1 Å². The Morgan fingerprint density at radius 3 is 2.92 bits per heavy atom. The monoisotopic (exact) mass is 181 g/mol. The summed E-state index contributed by atoms with van der Waals surface area (Å²) >= 11 is 0. The summed E-state index contributed by atoms with van der Waals surface area (Å²) in [7, 11) is -1.44. The van der Waals surface area contributed by atoms with E-state index in [1.165, 1.54) is 11.0 Å². The molecule has 6 heteroatoms. The third-order valence-corrected chi connectivity index (χ3v) is 1.70. The van der Waals surface area contributed by atoms with Gasteiger partial charge < -0.3 is 10.0 Å². The fourth-order valence-electron chi connectivity index (χ4n) is 0.895. The average Bonchev–Trinajstić information content (AvgIpc) is 2.51. The zero-order chi connectivity index (χ0) is 9.84. The molecular formula is C7H12BN3O2. The van der Waals surface area contributed by atoms with Crippen LogP contribution in [0.25, 0.3) is 6.20 Å². The molecule has 0 aliphatic heterocycles. The third-order valence-electron chi connectivity index (χ3n) is 1.70. The SMILES string of the molecule is CCc1ncnn1/C=C(\C)B(O)O. The molecular weight excluding hydrogens is 169 g/mol. The van der Waals surface area contributed by atoms with Gasteiger partial charge in [0.05, 0.1) is 0 Å². The molecule has 0 saturated heterocycles. The largest absolute Gasteiger partial charge is 0.485 e. The van der Waals surface area contributed by atoms with Crippen molar-refractivity contribution in [2.24, 2.45) is 0 Å². The number of nitrogens with zero attached hydrogens (tertiary/aromatic N) is 3. The molecule has 13 heavy (non-hydrogen) atoms. The van der Waals surface area contributed by atoms with Gasteiger partial charge in [0.2, 0.25) is 0 Å². The first kappa shape index (κ1) is 9.95. The Bertz CT molecular complexity index is 308. The van der Waals surface area contributed by atoms with Crippen LogP contribution in [-0.4, -0.2) is 31.9 Å². The van der Waals surface area contributed by atoms with Gasteiger partial charge in [-0.05, 0) is 12.4 Å². The molecule has 0 aromatic carbocycles. The lowest BCUT2D eigenvalue weighted by atomic mass is 9.81. The van der Waals surface area contributed by atoms with Crippen LogP contribution >= 0.6 is 0 Å². The van der Waals surface area contributed by atoms with Gasteiger partial charge in [0.1, 0.15) is 12.2 Å². The summed E-state index contributed by atoms with van der Waals surface area (Å²) < 4.78 is 1.54. The van der Waals surface area contributed by atoms with Crippen LogP contribution in [0.15, 0.2) is 11.8 Å². The van der Waals surface area contributed by atoms with Crippen molar-refractivity contribution in [2.45, 2.75) is 20.3 Å². The van der Waals surface area contributed by atoms with Crippen molar-refractivity contribution in [1.29, 1.82) is 0 Å². The summed E-state index contributed by atoms with van der Waals surface area (Å²) in [5.41, 5.74) is 0.431. The van der Waals surface area contributed by atoms with Crippen molar-refractivity contribution in [3.8, 4) is 0 Å². The molecule has 0 unspecified atom stereocenters. The van der Waals surface area contributed by atoms with Crippen LogP contribution in [0.4, 0.5) is 0 Å². The maximum absolute atomic E-state index is 8.81. The Morgan fingerprint density at radius 1 is 1.69 bits per heavy atom. The van der Waals surface area contributed by atoms with Gasteiger partial charge in [-0.1, -0.05) is 6.92 Å². The number of aryl methyl sites for hydroxylation is 1. The van der Waals surface area contributed by atoms with E-state index in [-0.39, 0.29) is 0 Å². The normalized spacial score (nSPS) is 11.8. The molecule has 0 spiro atoms. The summed E-state index contributed by atoms with van der Waals surface area (Å²) in [6.45, 7) is 3.57. The van der Waals surface area contributed by atoms with E-state index in [1.54, 1.807) is 13.1 Å². The Balaban J connectivity index is 2.89. The van der Waals surface area contributed by atoms with Crippen LogP contribution in [0.2, 0.25) is 0 Å². The summed E-state index contributed by atoms with van der Waals surface area (Å²) in [5, 5.41) is 21.5. The van der Waals surface area contributed by atoms with E-state index in [9.17, 15) is 0 Å². The van der Waals surface area contributed by atoms with E-state index in [0.717, 1.165) is 12.2 Å². The van der Waals surface area contributed by atoms with Crippen molar-refractivity contribution in [2.75, 3.05) is 0 Å². The highest BCUT2D eigenvalue weighted by atomic mass is 16.4. The second kappa shape index (κ2) is 4.20. The lowest BCUT2D eigenvalue weighted by Gasteiger charge is -2.00. The van der Waals surface area contributed by atoms with Crippen LogP contribution < -0.4 is 0 Å². The van der Waals surface area contributed by atoms with Gasteiger partial charge in [-0.2, -0.15) is 5.10 Å². The predicted molar refractivity (Wildman–Crippen MR) is 49.5 cm³/mol. The van der Waals surface area contributed by atoms with Gasteiger partial charge in [-0.25, -0.2) is 9.67 Å². The van der Waals surface area contributed by atoms with Gasteiger partial charge in [-0.15, -0.1) is 0 Å². The number of hydrogen-bond donors (Lipinski definition) is 2. The molecule has 2 N–H and O–H groups in total. The molecule has 0 amide bonds. The molecule has 1 heterocycles. The summed E-state index contributed by atoms with van der Waals surface area (Å²) in [4.78, 5) is 3.99. The Morgan fingerprint density at radius 2 is 2.38 bits per heavy atom. The van der Waals surface area contributed by atoms with Crippen molar-refractivity contribution in [3.05, 3.63) is 17.6 Å². The van der Waals surface area contributed by atoms with Gasteiger partial charge in [0.25, 0.3) is 0 Å². The number of hydrogen-bond acceptors (Lipinski definition) is 4. The molecule has 0 saturated carbocycles. The zero-order valence-electron chi connectivity index (χ0n) is 7.68. The van der Waals surface area contributed by atoms with Gasteiger partial charge >= 0.3 is 7.12 Å². The van der Waals surface area contributed by atoms with E-state index in [4.69, 9.17) is 10.0 Å². The van der Waals surface area contributed by atoms with E-state index in [0.29, 0.717) is 5.47 Å². The Hall–Kier alpha value is -1.14. The van der Waals surface area contributed by atoms with Gasteiger partial charge in [-0.3, -0.25) is 0 Å². The first-order valence-corrected chi connectivity index (χ1v) is 4.08. The van der Waals surface area contributed by atoms with E-state index >= 15 is 0 Å². The highest BCUT2D eigenvalue weighted by Gasteiger charge is 2.10. The Labute approximate surface area is 76.9 Å². The molecule has 1 aromatic rings. The maximum atomic E-state index is 8.81. The summed E-state index contributed by atoms with van der Waals surface area (Å²) in [6, 6.07) is 0. The molecule has 0 atom stereocenters. The number of aromatic nitrogens is 3. The molecule has 70 valence electrons. The average molecular weight is 181 g/mol. The summed E-state index contributed by atoms with van der Waals surface area (Å²) in [5.74, 6) is 0.792. The molecule has 0 aliphatic carbocycles. The van der Waals surface area contributed by atoms with Crippen molar-refractivity contribution < 1.29 is 10.0 Å². The zero-order valence-corrected chi connectivity index (χ0v) is 7.68. The van der Waals surface area contributed by atoms with Crippen LogP contribution in [0.5, 0.6) is 0 Å². The first-order valence-electron chi connectivity index (χ1n) is 4.08. The molecule has 5 nitrogen and oxygen atoms in total. The van der Waals surface area contributed by atoms with E-state index in [1.807, 2.05) is 6.92 Å². The standard InChI is InChI=1S/C7H12BN3O2/c1-3-7-9-5-10-11(7)4-6(2)8(12)13/h4-5,12-13H,3H2,1-2H3/b6-4+. The lowest BCUT2D eigenvalue weighted by Crippen LogP contribution is -2.14. The topological polar surface area (TPSA) is 71.2 Å². The fourth-order valence-corrected chi connectivity index (χ4v) is 0.895. The van der Waals surface area contributed by atoms with Crippen molar-refractivity contribution >= 4 is 13.3 Å². The highest BCUT2D eigenvalue weighted by molar-refractivity contribution is 6.51. The first-order chi connectivity index (χ1) is 6.15. The fraction of sp³-hybridized carbons (Fsp3) is 0.429. The quantitative estimate of drug-likeness (QED) is 0.628. The molecule has 0 aliphatic rings. The molecule has 1 aromatic heterocycles. The highest BCUT2D eigenvalue weighted by Crippen LogP contribution is 2.01. The summed E-state index contributed by atoms with van der Waals surface area (Å²) in [6.07, 6.45) is 3.74. The number of allylic oxidation sites excluding steroid dienone is 1. The predicted octanol–water partition coefficient (Wildman–Crippen LogP) is -0.287. The van der Waals surface area contributed by atoms with Gasteiger partial charge in [0, 0.05) is 12.6 Å². The molecule has 0 bridgehead atoms. The van der Waals surface area contributed by atoms with Crippen LogP contribution in [-0.2, 0) is 6.42 Å². The van der Waals surface area contributed by atoms with E-state index < -0.39 is 7.12 Å². The van der Waals surface area contributed by atoms with Crippen molar-refractivity contribution in [3.63, 3.8) is 0 Å². The smallest absolute Gasteiger partial charge is 0.423 e. The van der Waals surface area contributed by atoms with Crippen LogP contribution in [0.3, 0.4) is 0 Å². The minimum Gasteiger partial charge on any atom is -0.423 e. The molecule has 0 fully saturated rings. The van der Waals surface area contributed by atoms with Gasteiger partial charge in [0.15, 0.2) is 0 Å². The minimum absolute atomic E-state index is 0.431. The second-order valence-corrected chi connectivity index (χ2v) is 2.72. The molecule has 1 rings (SSSR count). The minimum atomic E-state index is -1.44. The van der Waals surface area contributed by atoms with Crippen molar-refractivity contribution in [1.82, 2.24) is 14.8 Å². The Kier molecular flexibility index (Phi) is 3.22. The maximum Gasteiger partial charge on any atom is 0.485 e. The molecule has 0 radical (unpaired) electrons. The second-order valence-electron chi connectivity index (χ2n) is 2.72. The number of rotatable bonds is 3.